The van der Waals surface area contributed by atoms with E-state index in [1.165, 1.54) is 0 Å². The monoisotopic (exact) mass is 315 g/mol. The standard InChI is InChI=1S/C9H8ClF2NO5S/c1-2-5-3-4-6(19(10,16)17)8(18-9(11)12)7(5)13(14)15/h3-4,9H,2H2,1H3. The molecule has 0 N–H and O–H groups in total. The van der Waals surface area contributed by atoms with E-state index >= 15 is 0 Å². The van der Waals surface area contributed by atoms with Gasteiger partial charge < -0.3 is 4.74 Å². The van der Waals surface area contributed by atoms with Gasteiger partial charge in [-0.1, -0.05) is 13.0 Å². The van der Waals surface area contributed by atoms with Crippen molar-refractivity contribution in [3.8, 4) is 5.75 Å². The van der Waals surface area contributed by atoms with Crippen LogP contribution in [-0.4, -0.2) is 20.0 Å². The lowest BCUT2D eigenvalue weighted by molar-refractivity contribution is -0.387. The topological polar surface area (TPSA) is 86.5 Å². The molecule has 0 fully saturated rings. The Hall–Kier alpha value is -1.48. The Balaban J connectivity index is 3.69. The molecule has 106 valence electrons. The van der Waals surface area contributed by atoms with E-state index in [4.69, 9.17) is 10.7 Å². The highest BCUT2D eigenvalue weighted by atomic mass is 35.7. The summed E-state index contributed by atoms with van der Waals surface area (Å²) >= 11 is 0. The highest BCUT2D eigenvalue weighted by Crippen LogP contribution is 2.39. The van der Waals surface area contributed by atoms with Crippen molar-refractivity contribution < 1.29 is 26.9 Å². The van der Waals surface area contributed by atoms with Crippen LogP contribution in [-0.2, 0) is 15.5 Å². The number of aryl methyl sites for hydroxylation is 1. The minimum Gasteiger partial charge on any atom is -0.426 e. The van der Waals surface area contributed by atoms with Crippen LogP contribution in [0.25, 0.3) is 0 Å². The third kappa shape index (κ3) is 3.51. The largest absolute Gasteiger partial charge is 0.426 e. The van der Waals surface area contributed by atoms with Gasteiger partial charge in [-0.2, -0.15) is 8.78 Å². The summed E-state index contributed by atoms with van der Waals surface area (Å²) in [5.41, 5.74) is -0.769. The van der Waals surface area contributed by atoms with Gasteiger partial charge in [0, 0.05) is 16.2 Å². The smallest absolute Gasteiger partial charge is 0.387 e. The average molecular weight is 316 g/mol. The number of benzene rings is 1. The molecule has 0 aliphatic rings. The molecule has 19 heavy (non-hydrogen) atoms. The predicted molar refractivity (Wildman–Crippen MR) is 62.1 cm³/mol. The van der Waals surface area contributed by atoms with E-state index in [0.29, 0.717) is 0 Å². The number of nitro benzene ring substituents is 1. The van der Waals surface area contributed by atoms with Gasteiger partial charge in [0.15, 0.2) is 0 Å². The minimum absolute atomic E-state index is 0.0599. The van der Waals surface area contributed by atoms with Crippen LogP contribution in [0.5, 0.6) is 5.75 Å². The number of hydrogen-bond acceptors (Lipinski definition) is 5. The maximum atomic E-state index is 12.3. The molecule has 0 aliphatic heterocycles. The molecule has 10 heteroatoms. The minimum atomic E-state index is -4.45. The first-order valence-corrected chi connectivity index (χ1v) is 7.19. The zero-order valence-electron chi connectivity index (χ0n) is 9.47. The molecule has 0 heterocycles. The van der Waals surface area contributed by atoms with Crippen LogP contribution in [0.1, 0.15) is 12.5 Å². The summed E-state index contributed by atoms with van der Waals surface area (Å²) in [6.07, 6.45) is 0.137. The van der Waals surface area contributed by atoms with Crippen molar-refractivity contribution in [2.75, 3.05) is 0 Å². The number of nitrogens with zero attached hydrogens (tertiary/aromatic N) is 1. The van der Waals surface area contributed by atoms with Gasteiger partial charge in [0.2, 0.25) is 5.75 Å². The Kier molecular flexibility index (Phi) is 4.64. The van der Waals surface area contributed by atoms with E-state index in [-0.39, 0.29) is 12.0 Å². The summed E-state index contributed by atoms with van der Waals surface area (Å²) in [6.45, 7) is -1.87. The van der Waals surface area contributed by atoms with Gasteiger partial charge in [0.1, 0.15) is 4.90 Å². The molecule has 0 atom stereocenters. The van der Waals surface area contributed by atoms with Crippen LogP contribution in [0.2, 0.25) is 0 Å². The van der Waals surface area contributed by atoms with Gasteiger partial charge in [-0.25, -0.2) is 8.42 Å². The molecule has 0 aliphatic carbocycles. The van der Waals surface area contributed by atoms with Crippen molar-refractivity contribution in [3.63, 3.8) is 0 Å². The fourth-order valence-corrected chi connectivity index (χ4v) is 2.44. The van der Waals surface area contributed by atoms with Crippen molar-refractivity contribution in [1.82, 2.24) is 0 Å². The van der Waals surface area contributed by atoms with Crippen LogP contribution in [0.4, 0.5) is 14.5 Å². The molecule has 0 saturated carbocycles. The molecule has 0 saturated heterocycles. The van der Waals surface area contributed by atoms with Gasteiger partial charge in [-0.15, -0.1) is 0 Å². The summed E-state index contributed by atoms with van der Waals surface area (Å²) in [6, 6.07) is 2.03. The molecule has 6 nitrogen and oxygen atoms in total. The molecule has 1 aromatic carbocycles. The van der Waals surface area contributed by atoms with Crippen LogP contribution >= 0.6 is 10.7 Å². The summed E-state index contributed by atoms with van der Waals surface area (Å²) < 4.78 is 51.0. The average Bonchev–Trinajstić information content (AvgIpc) is 2.25. The van der Waals surface area contributed by atoms with E-state index in [2.05, 4.69) is 4.74 Å². The fraction of sp³-hybridized carbons (Fsp3) is 0.333. The zero-order valence-corrected chi connectivity index (χ0v) is 11.0. The van der Waals surface area contributed by atoms with Crippen LogP contribution < -0.4 is 4.74 Å². The van der Waals surface area contributed by atoms with E-state index in [1.807, 2.05) is 0 Å². The zero-order chi connectivity index (χ0) is 14.8. The molecule has 1 rings (SSSR count). The number of hydrogen-bond donors (Lipinski definition) is 0. The molecule has 0 radical (unpaired) electrons. The lowest BCUT2D eigenvalue weighted by atomic mass is 10.1. The summed E-state index contributed by atoms with van der Waals surface area (Å²) in [4.78, 5) is 9.06. The molecule has 0 bridgehead atoms. The molecule has 0 spiro atoms. The molecule has 0 amide bonds. The second kappa shape index (κ2) is 5.66. The van der Waals surface area contributed by atoms with E-state index in [0.717, 1.165) is 12.1 Å². The Morgan fingerprint density at radius 3 is 2.42 bits per heavy atom. The Labute approximate surface area is 111 Å². The van der Waals surface area contributed by atoms with E-state index < -0.39 is 36.9 Å². The second-order valence-electron chi connectivity index (χ2n) is 3.33. The maximum Gasteiger partial charge on any atom is 0.387 e. The molecule has 0 aromatic heterocycles. The van der Waals surface area contributed by atoms with Gasteiger partial charge in [0.05, 0.1) is 4.92 Å². The van der Waals surface area contributed by atoms with E-state index in [1.54, 1.807) is 6.92 Å². The number of nitro groups is 1. The molecule has 0 unspecified atom stereocenters. The van der Waals surface area contributed by atoms with Crippen LogP contribution in [0.15, 0.2) is 17.0 Å². The lowest BCUT2D eigenvalue weighted by Gasteiger charge is -2.11. The summed E-state index contributed by atoms with van der Waals surface area (Å²) in [5, 5.41) is 10.9. The third-order valence-electron chi connectivity index (χ3n) is 2.21. The van der Waals surface area contributed by atoms with Gasteiger partial charge in [0.25, 0.3) is 9.05 Å². The number of rotatable bonds is 5. The number of ether oxygens (including phenoxy) is 1. The highest BCUT2D eigenvalue weighted by Gasteiger charge is 2.31. The van der Waals surface area contributed by atoms with Crippen molar-refractivity contribution in [2.45, 2.75) is 24.9 Å². The van der Waals surface area contributed by atoms with Crippen LogP contribution in [0, 0.1) is 10.1 Å². The summed E-state index contributed by atoms with van der Waals surface area (Å²) in [5.74, 6) is -1.05. The van der Waals surface area contributed by atoms with E-state index in [9.17, 15) is 27.3 Å². The predicted octanol–water partition coefficient (Wildman–Crippen LogP) is 2.69. The fourth-order valence-electron chi connectivity index (χ4n) is 1.47. The lowest BCUT2D eigenvalue weighted by Crippen LogP contribution is -2.10. The summed E-state index contributed by atoms with van der Waals surface area (Å²) in [7, 11) is 0.593. The first-order chi connectivity index (χ1) is 8.68. The third-order valence-corrected chi connectivity index (χ3v) is 3.56. The van der Waals surface area contributed by atoms with Crippen molar-refractivity contribution in [3.05, 3.63) is 27.8 Å². The van der Waals surface area contributed by atoms with Gasteiger partial charge >= 0.3 is 12.3 Å². The first kappa shape index (κ1) is 15.6. The molecule has 1 aromatic rings. The quantitative estimate of drug-likeness (QED) is 0.473. The van der Waals surface area contributed by atoms with Gasteiger partial charge in [-0.05, 0) is 12.5 Å². The van der Waals surface area contributed by atoms with Crippen LogP contribution in [0.3, 0.4) is 0 Å². The maximum absolute atomic E-state index is 12.3. The van der Waals surface area contributed by atoms with Gasteiger partial charge in [-0.3, -0.25) is 10.1 Å². The highest BCUT2D eigenvalue weighted by molar-refractivity contribution is 8.13. The number of halogens is 3. The normalized spacial score (nSPS) is 11.6. The Morgan fingerprint density at radius 1 is 1.47 bits per heavy atom. The SMILES string of the molecule is CCc1ccc(S(=O)(=O)Cl)c(OC(F)F)c1[N+](=O)[O-]. The Bertz CT molecular complexity index is 605. The van der Waals surface area contributed by atoms with Crippen molar-refractivity contribution >= 4 is 25.4 Å². The second-order valence-corrected chi connectivity index (χ2v) is 5.86. The van der Waals surface area contributed by atoms with Crippen molar-refractivity contribution in [2.24, 2.45) is 0 Å². The van der Waals surface area contributed by atoms with Crippen molar-refractivity contribution in [1.29, 1.82) is 0 Å². The molecular weight excluding hydrogens is 308 g/mol. The first-order valence-electron chi connectivity index (χ1n) is 4.88. The number of alkyl halides is 2. The molecular formula is C9H8ClF2NO5S. The Morgan fingerprint density at radius 2 is 2.05 bits per heavy atom.